The first-order valence-electron chi connectivity index (χ1n) is 7.49. The predicted molar refractivity (Wildman–Crippen MR) is 80.2 cm³/mol. The van der Waals surface area contributed by atoms with E-state index in [9.17, 15) is 0 Å². The maximum absolute atomic E-state index is 5.50. The summed E-state index contributed by atoms with van der Waals surface area (Å²) >= 11 is 0. The number of hydrogen-bond acceptors (Lipinski definition) is 3. The molecule has 0 radical (unpaired) electrons. The molecule has 3 heteroatoms. The first kappa shape index (κ1) is 17.9. The minimum atomic E-state index is 0.00285. The van der Waals surface area contributed by atoms with Gasteiger partial charge in [0.2, 0.25) is 0 Å². The van der Waals surface area contributed by atoms with Crippen LogP contribution in [0.1, 0.15) is 53.9 Å². The molecule has 0 aliphatic heterocycles. The molecule has 0 rings (SSSR count). The molecular formula is C15H34N2O. The molecule has 0 aromatic rings. The SMILES string of the molecule is CCNC(CCN(CC)CC)CCC(C)(C)OC. The molecule has 3 nitrogen and oxygen atoms in total. The Labute approximate surface area is 114 Å². The minimum Gasteiger partial charge on any atom is -0.379 e. The van der Waals surface area contributed by atoms with Crippen LogP contribution in [0, 0.1) is 0 Å². The molecule has 1 unspecified atom stereocenters. The lowest BCUT2D eigenvalue weighted by atomic mass is 9.97. The highest BCUT2D eigenvalue weighted by Gasteiger charge is 2.19. The molecule has 0 aliphatic rings. The fourth-order valence-electron chi connectivity index (χ4n) is 2.14. The summed E-state index contributed by atoms with van der Waals surface area (Å²) in [6.45, 7) is 15.5. The molecule has 0 amide bonds. The van der Waals surface area contributed by atoms with E-state index < -0.39 is 0 Å². The maximum atomic E-state index is 5.50. The van der Waals surface area contributed by atoms with Gasteiger partial charge in [0.1, 0.15) is 0 Å². The van der Waals surface area contributed by atoms with Crippen molar-refractivity contribution < 1.29 is 4.74 Å². The molecule has 0 saturated carbocycles. The lowest BCUT2D eigenvalue weighted by molar-refractivity contribution is 0.0113. The van der Waals surface area contributed by atoms with Gasteiger partial charge in [0.05, 0.1) is 5.60 Å². The van der Waals surface area contributed by atoms with E-state index in [0.29, 0.717) is 6.04 Å². The van der Waals surface area contributed by atoms with Crippen molar-refractivity contribution in [2.24, 2.45) is 0 Å². The van der Waals surface area contributed by atoms with Crippen molar-refractivity contribution in [1.82, 2.24) is 10.2 Å². The number of ether oxygens (including phenoxy) is 1. The van der Waals surface area contributed by atoms with Crippen LogP contribution in [-0.2, 0) is 4.74 Å². The fourth-order valence-corrected chi connectivity index (χ4v) is 2.14. The van der Waals surface area contributed by atoms with E-state index in [2.05, 4.69) is 44.8 Å². The molecule has 18 heavy (non-hydrogen) atoms. The van der Waals surface area contributed by atoms with E-state index in [1.807, 2.05) is 0 Å². The Morgan fingerprint density at radius 1 is 1.11 bits per heavy atom. The van der Waals surface area contributed by atoms with Crippen molar-refractivity contribution in [2.75, 3.05) is 33.3 Å². The molecule has 0 heterocycles. The van der Waals surface area contributed by atoms with Crippen LogP contribution in [-0.4, -0.2) is 49.8 Å². The summed E-state index contributed by atoms with van der Waals surface area (Å²) in [6, 6.07) is 0.616. The molecule has 0 aliphatic carbocycles. The summed E-state index contributed by atoms with van der Waals surface area (Å²) in [7, 11) is 1.80. The average Bonchev–Trinajstić information content (AvgIpc) is 2.37. The highest BCUT2D eigenvalue weighted by molar-refractivity contribution is 4.75. The summed E-state index contributed by atoms with van der Waals surface area (Å²) in [6.07, 6.45) is 3.53. The first-order valence-corrected chi connectivity index (χ1v) is 7.49. The molecule has 0 aromatic carbocycles. The van der Waals surface area contributed by atoms with Crippen LogP contribution in [0.4, 0.5) is 0 Å². The van der Waals surface area contributed by atoms with E-state index >= 15 is 0 Å². The smallest absolute Gasteiger partial charge is 0.0623 e. The monoisotopic (exact) mass is 258 g/mol. The third kappa shape index (κ3) is 8.06. The van der Waals surface area contributed by atoms with Gasteiger partial charge in [-0.1, -0.05) is 20.8 Å². The second-order valence-corrected chi connectivity index (χ2v) is 5.57. The Hall–Kier alpha value is -0.120. The molecule has 110 valence electrons. The highest BCUT2D eigenvalue weighted by Crippen LogP contribution is 2.17. The molecule has 0 spiro atoms. The molecular weight excluding hydrogens is 224 g/mol. The number of nitrogens with zero attached hydrogens (tertiary/aromatic N) is 1. The van der Waals surface area contributed by atoms with Gasteiger partial charge in [-0.05, 0) is 59.3 Å². The molecule has 0 fully saturated rings. The Kier molecular flexibility index (Phi) is 9.70. The van der Waals surface area contributed by atoms with E-state index in [-0.39, 0.29) is 5.60 Å². The van der Waals surface area contributed by atoms with Crippen LogP contribution < -0.4 is 5.32 Å². The van der Waals surface area contributed by atoms with Gasteiger partial charge in [-0.3, -0.25) is 0 Å². The topological polar surface area (TPSA) is 24.5 Å². The molecule has 1 N–H and O–H groups in total. The van der Waals surface area contributed by atoms with Crippen molar-refractivity contribution in [3.05, 3.63) is 0 Å². The molecule has 0 bridgehead atoms. The van der Waals surface area contributed by atoms with Crippen molar-refractivity contribution in [1.29, 1.82) is 0 Å². The van der Waals surface area contributed by atoms with Gasteiger partial charge in [0, 0.05) is 13.2 Å². The number of hydrogen-bond donors (Lipinski definition) is 1. The van der Waals surface area contributed by atoms with Gasteiger partial charge < -0.3 is 15.0 Å². The Morgan fingerprint density at radius 3 is 2.17 bits per heavy atom. The van der Waals surface area contributed by atoms with E-state index in [1.165, 1.54) is 19.4 Å². The second-order valence-electron chi connectivity index (χ2n) is 5.57. The average molecular weight is 258 g/mol. The third-order valence-electron chi connectivity index (χ3n) is 3.83. The van der Waals surface area contributed by atoms with Gasteiger partial charge >= 0.3 is 0 Å². The van der Waals surface area contributed by atoms with Crippen molar-refractivity contribution in [2.45, 2.75) is 65.5 Å². The lowest BCUT2D eigenvalue weighted by Crippen LogP contribution is -2.36. The maximum Gasteiger partial charge on any atom is 0.0623 e. The van der Waals surface area contributed by atoms with Crippen molar-refractivity contribution in [3.8, 4) is 0 Å². The van der Waals surface area contributed by atoms with Crippen LogP contribution >= 0.6 is 0 Å². The Morgan fingerprint density at radius 2 is 1.72 bits per heavy atom. The molecule has 0 aromatic heterocycles. The van der Waals surface area contributed by atoms with Crippen LogP contribution in [0.25, 0.3) is 0 Å². The number of nitrogens with one attached hydrogen (secondary N) is 1. The zero-order valence-electron chi connectivity index (χ0n) is 13.4. The second kappa shape index (κ2) is 9.76. The van der Waals surface area contributed by atoms with Gasteiger partial charge in [-0.2, -0.15) is 0 Å². The highest BCUT2D eigenvalue weighted by atomic mass is 16.5. The van der Waals surface area contributed by atoms with E-state index in [4.69, 9.17) is 4.74 Å². The third-order valence-corrected chi connectivity index (χ3v) is 3.83. The largest absolute Gasteiger partial charge is 0.379 e. The standard InChI is InChI=1S/C15H34N2O/c1-7-16-14(10-12-15(4,5)18-6)11-13-17(8-2)9-3/h14,16H,7-13H2,1-6H3. The quantitative estimate of drug-likeness (QED) is 0.617. The van der Waals surface area contributed by atoms with Gasteiger partial charge in [0.15, 0.2) is 0 Å². The number of rotatable bonds is 11. The van der Waals surface area contributed by atoms with Crippen LogP contribution in [0.5, 0.6) is 0 Å². The molecule has 1 atom stereocenters. The van der Waals surface area contributed by atoms with Crippen LogP contribution in [0.3, 0.4) is 0 Å². The zero-order chi connectivity index (χ0) is 14.0. The minimum absolute atomic E-state index is 0.00285. The molecule has 0 saturated heterocycles. The van der Waals surface area contributed by atoms with E-state index in [1.54, 1.807) is 7.11 Å². The number of methoxy groups -OCH3 is 1. The van der Waals surface area contributed by atoms with Crippen molar-refractivity contribution in [3.63, 3.8) is 0 Å². The Balaban J connectivity index is 4.06. The Bertz CT molecular complexity index is 191. The summed E-state index contributed by atoms with van der Waals surface area (Å²) in [5.41, 5.74) is 0.00285. The normalized spacial score (nSPS) is 14.2. The van der Waals surface area contributed by atoms with E-state index in [0.717, 1.165) is 26.1 Å². The zero-order valence-corrected chi connectivity index (χ0v) is 13.4. The van der Waals surface area contributed by atoms with Gasteiger partial charge in [0.25, 0.3) is 0 Å². The van der Waals surface area contributed by atoms with Gasteiger partial charge in [-0.25, -0.2) is 0 Å². The summed E-state index contributed by atoms with van der Waals surface area (Å²) in [5, 5.41) is 3.60. The first-order chi connectivity index (χ1) is 8.49. The van der Waals surface area contributed by atoms with Crippen molar-refractivity contribution >= 4 is 0 Å². The summed E-state index contributed by atoms with van der Waals surface area (Å²) in [5.74, 6) is 0. The predicted octanol–water partition coefficient (Wildman–Crippen LogP) is 2.90. The van der Waals surface area contributed by atoms with Gasteiger partial charge in [-0.15, -0.1) is 0 Å². The summed E-state index contributed by atoms with van der Waals surface area (Å²) < 4.78 is 5.50. The van der Waals surface area contributed by atoms with Crippen LogP contribution in [0.15, 0.2) is 0 Å². The lowest BCUT2D eigenvalue weighted by Gasteiger charge is -2.28. The van der Waals surface area contributed by atoms with Crippen LogP contribution in [0.2, 0.25) is 0 Å². The fraction of sp³-hybridized carbons (Fsp3) is 1.00. The summed E-state index contributed by atoms with van der Waals surface area (Å²) in [4.78, 5) is 2.49.